The Morgan fingerprint density at radius 2 is 1.91 bits per heavy atom. The van der Waals surface area contributed by atoms with Crippen LogP contribution in [-0.2, 0) is 6.54 Å². The molecule has 4 aromatic rings. The molecule has 0 bridgehead atoms. The number of rotatable bonds is 4. The number of ether oxygens (including phenoxy) is 1. The van der Waals surface area contributed by atoms with Gasteiger partial charge >= 0.3 is 0 Å². The van der Waals surface area contributed by atoms with Crippen molar-refractivity contribution in [1.82, 2.24) is 15.0 Å². The molecule has 2 aromatic heterocycles. The number of allylic oxidation sites excluding steroid dienone is 1. The average molecular weight is 458 g/mol. The zero-order valence-electron chi connectivity index (χ0n) is 17.1. The summed E-state index contributed by atoms with van der Waals surface area (Å²) in [5, 5.41) is 18.5. The van der Waals surface area contributed by atoms with Crippen LogP contribution in [0.2, 0.25) is 5.02 Å². The fourth-order valence-electron chi connectivity index (χ4n) is 3.76. The van der Waals surface area contributed by atoms with E-state index in [1.54, 1.807) is 35.1 Å². The molecule has 0 saturated heterocycles. The van der Waals surface area contributed by atoms with Gasteiger partial charge in [0.1, 0.15) is 29.6 Å². The minimum atomic E-state index is -0.782. The summed E-state index contributed by atoms with van der Waals surface area (Å²) in [5.74, 6) is -0.514. The molecule has 8 nitrogen and oxygen atoms in total. The predicted molar refractivity (Wildman–Crippen MR) is 120 cm³/mol. The second kappa shape index (κ2) is 8.30. The molecule has 1 atom stereocenters. The van der Waals surface area contributed by atoms with E-state index >= 15 is 0 Å². The summed E-state index contributed by atoms with van der Waals surface area (Å²) in [6.07, 6.45) is 1.76. The third-order valence-corrected chi connectivity index (χ3v) is 5.62. The third kappa shape index (κ3) is 3.75. The van der Waals surface area contributed by atoms with Gasteiger partial charge in [-0.3, -0.25) is 4.79 Å². The Labute approximate surface area is 193 Å². The molecule has 0 spiro atoms. The van der Waals surface area contributed by atoms with E-state index in [-0.39, 0.29) is 29.5 Å². The highest BCUT2D eigenvalue weighted by molar-refractivity contribution is 6.31. The maximum atomic E-state index is 12.9. The monoisotopic (exact) mass is 457 g/mol. The zero-order chi connectivity index (χ0) is 22.9. The van der Waals surface area contributed by atoms with Crippen LogP contribution in [-0.4, -0.2) is 15.0 Å². The third-order valence-electron chi connectivity index (χ3n) is 5.27. The summed E-state index contributed by atoms with van der Waals surface area (Å²) in [6, 6.07) is 20.0. The first kappa shape index (κ1) is 20.5. The summed E-state index contributed by atoms with van der Waals surface area (Å²) in [5.41, 5.74) is 7.84. The van der Waals surface area contributed by atoms with Crippen LogP contribution in [0.4, 0.5) is 0 Å². The van der Waals surface area contributed by atoms with Crippen molar-refractivity contribution in [2.75, 3.05) is 0 Å². The van der Waals surface area contributed by atoms with Gasteiger partial charge in [-0.15, -0.1) is 5.10 Å². The smallest absolute Gasteiger partial charge is 0.228 e. The molecular formula is C24H16ClN5O3. The summed E-state index contributed by atoms with van der Waals surface area (Å²) in [6.45, 7) is 0.151. The maximum absolute atomic E-state index is 12.9. The topological polar surface area (TPSA) is 120 Å². The molecule has 2 aromatic carbocycles. The number of aromatic nitrogens is 3. The van der Waals surface area contributed by atoms with E-state index in [9.17, 15) is 10.1 Å². The summed E-state index contributed by atoms with van der Waals surface area (Å²) in [4.78, 5) is 12.9. The van der Waals surface area contributed by atoms with E-state index in [1.165, 1.54) is 6.07 Å². The maximum Gasteiger partial charge on any atom is 0.228 e. The average Bonchev–Trinajstić information content (AvgIpc) is 3.28. The van der Waals surface area contributed by atoms with Crippen LogP contribution < -0.4 is 15.9 Å². The molecule has 0 radical (unpaired) electrons. The van der Waals surface area contributed by atoms with Gasteiger partial charge in [-0.05, 0) is 11.6 Å². The van der Waals surface area contributed by atoms with Crippen molar-refractivity contribution in [2.24, 2.45) is 5.73 Å². The standard InChI is InChI=1S/C24H16ClN5O3/c25-18-9-5-4-8-16(18)21-17(11-26)24(27)33-22-20(31)10-15(32-23(21)22)12-30-13-19(28-29-30)14-6-2-1-3-7-14/h1-10,13,21H,12,27H2. The highest BCUT2D eigenvalue weighted by Gasteiger charge is 2.36. The quantitative estimate of drug-likeness (QED) is 0.494. The van der Waals surface area contributed by atoms with Gasteiger partial charge in [-0.1, -0.05) is 65.3 Å². The molecule has 33 heavy (non-hydrogen) atoms. The number of benzene rings is 2. The predicted octanol–water partition coefficient (Wildman–Crippen LogP) is 3.82. The lowest BCUT2D eigenvalue weighted by Gasteiger charge is -2.25. The van der Waals surface area contributed by atoms with Gasteiger partial charge < -0.3 is 14.9 Å². The van der Waals surface area contributed by atoms with E-state index in [2.05, 4.69) is 16.4 Å². The van der Waals surface area contributed by atoms with Crippen LogP contribution in [0, 0.1) is 11.3 Å². The van der Waals surface area contributed by atoms with Crippen molar-refractivity contribution in [3.8, 4) is 23.1 Å². The molecule has 0 saturated carbocycles. The Bertz CT molecular complexity index is 1480. The van der Waals surface area contributed by atoms with Gasteiger partial charge in [0.05, 0.1) is 12.1 Å². The molecule has 1 aliphatic rings. The normalized spacial score (nSPS) is 15.0. The molecule has 1 unspecified atom stereocenters. The van der Waals surface area contributed by atoms with E-state index in [0.29, 0.717) is 22.0 Å². The number of hydrogen-bond acceptors (Lipinski definition) is 7. The van der Waals surface area contributed by atoms with E-state index in [4.69, 9.17) is 26.5 Å². The van der Waals surface area contributed by atoms with Crippen LogP contribution in [0.5, 0.6) is 5.75 Å². The molecule has 0 fully saturated rings. The van der Waals surface area contributed by atoms with Gasteiger partial charge in [0.15, 0.2) is 5.76 Å². The minimum absolute atomic E-state index is 0.0660. The lowest BCUT2D eigenvalue weighted by molar-refractivity contribution is 0.329. The van der Waals surface area contributed by atoms with Gasteiger partial charge in [0.25, 0.3) is 0 Å². The van der Waals surface area contributed by atoms with Crippen molar-refractivity contribution < 1.29 is 9.15 Å². The minimum Gasteiger partial charge on any atom is -0.459 e. The van der Waals surface area contributed by atoms with Crippen molar-refractivity contribution in [2.45, 2.75) is 12.5 Å². The Morgan fingerprint density at radius 3 is 2.67 bits per heavy atom. The van der Waals surface area contributed by atoms with Crippen molar-refractivity contribution in [3.05, 3.63) is 111 Å². The van der Waals surface area contributed by atoms with E-state index < -0.39 is 11.3 Å². The van der Waals surface area contributed by atoms with Gasteiger partial charge in [-0.25, -0.2) is 4.68 Å². The zero-order valence-corrected chi connectivity index (χ0v) is 17.9. The summed E-state index contributed by atoms with van der Waals surface area (Å²) >= 11 is 6.41. The molecule has 9 heteroatoms. The Balaban J connectivity index is 1.57. The first-order valence-electron chi connectivity index (χ1n) is 9.99. The molecule has 2 N–H and O–H groups in total. The molecule has 0 aliphatic carbocycles. The lowest BCUT2D eigenvalue weighted by atomic mass is 9.87. The summed E-state index contributed by atoms with van der Waals surface area (Å²) < 4.78 is 13.1. The number of nitrogens with two attached hydrogens (primary N) is 1. The van der Waals surface area contributed by atoms with E-state index in [1.807, 2.05) is 30.3 Å². The Kier molecular flexibility index (Phi) is 5.17. The molecule has 0 amide bonds. The number of nitriles is 1. The number of halogens is 1. The fraction of sp³-hybridized carbons (Fsp3) is 0.0833. The molecule has 162 valence electrons. The Morgan fingerprint density at radius 1 is 1.15 bits per heavy atom. The van der Waals surface area contributed by atoms with Crippen LogP contribution >= 0.6 is 11.6 Å². The fourth-order valence-corrected chi connectivity index (χ4v) is 4.00. The van der Waals surface area contributed by atoms with Crippen molar-refractivity contribution >= 4 is 11.6 Å². The second-order valence-corrected chi connectivity index (χ2v) is 7.79. The molecule has 5 rings (SSSR count). The van der Waals surface area contributed by atoms with Gasteiger partial charge in [0.2, 0.25) is 17.1 Å². The molecule has 3 heterocycles. The molecular weight excluding hydrogens is 442 g/mol. The summed E-state index contributed by atoms with van der Waals surface area (Å²) in [7, 11) is 0. The number of fused-ring (bicyclic) bond motifs is 1. The van der Waals surface area contributed by atoms with Gasteiger partial charge in [-0.2, -0.15) is 5.26 Å². The first-order chi connectivity index (χ1) is 16.0. The van der Waals surface area contributed by atoms with E-state index in [0.717, 1.165) is 5.56 Å². The van der Waals surface area contributed by atoms with Crippen LogP contribution in [0.3, 0.4) is 0 Å². The SMILES string of the molecule is N#CC1=C(N)Oc2c(oc(Cn3cc(-c4ccccc4)nn3)cc2=O)C1c1ccccc1Cl. The van der Waals surface area contributed by atoms with Crippen LogP contribution in [0.25, 0.3) is 11.3 Å². The number of nitrogens with zero attached hydrogens (tertiary/aromatic N) is 4. The lowest BCUT2D eigenvalue weighted by Crippen LogP contribution is -2.25. The second-order valence-electron chi connectivity index (χ2n) is 7.38. The van der Waals surface area contributed by atoms with Crippen molar-refractivity contribution in [1.29, 1.82) is 5.26 Å². The van der Waals surface area contributed by atoms with Crippen LogP contribution in [0.15, 0.2) is 87.5 Å². The van der Waals surface area contributed by atoms with Gasteiger partial charge in [0, 0.05) is 16.7 Å². The number of hydrogen-bond donors (Lipinski definition) is 1. The largest absolute Gasteiger partial charge is 0.459 e. The first-order valence-corrected chi connectivity index (χ1v) is 10.4. The molecule has 1 aliphatic heterocycles. The highest BCUT2D eigenvalue weighted by atomic mass is 35.5. The van der Waals surface area contributed by atoms with Crippen molar-refractivity contribution in [3.63, 3.8) is 0 Å². The Hall–Kier alpha value is -4.35. The van der Waals surface area contributed by atoms with Crippen LogP contribution in [0.1, 0.15) is 23.0 Å². The highest BCUT2D eigenvalue weighted by Crippen LogP contribution is 2.43.